The Bertz CT molecular complexity index is 372. The van der Waals surface area contributed by atoms with E-state index < -0.39 is 23.2 Å². The van der Waals surface area contributed by atoms with Crippen LogP contribution in [0, 0.1) is 17.6 Å². The Morgan fingerprint density at radius 3 is 2.47 bits per heavy atom. The molecule has 0 spiro atoms. The number of nitrogens with two attached hydrogens (primary N) is 1. The van der Waals surface area contributed by atoms with Gasteiger partial charge < -0.3 is 11.1 Å². The quantitative estimate of drug-likeness (QED) is 0.832. The van der Waals surface area contributed by atoms with Gasteiger partial charge in [0.05, 0.1) is 0 Å². The molecule has 0 aliphatic rings. The van der Waals surface area contributed by atoms with E-state index in [4.69, 9.17) is 5.73 Å². The number of rotatable bonds is 5. The highest BCUT2D eigenvalue weighted by molar-refractivity contribution is 5.91. The second-order valence-corrected chi connectivity index (χ2v) is 3.86. The second-order valence-electron chi connectivity index (χ2n) is 3.86. The zero-order chi connectivity index (χ0) is 12.8. The highest BCUT2D eigenvalue weighted by Crippen LogP contribution is 2.19. The summed E-state index contributed by atoms with van der Waals surface area (Å²) in [4.78, 5) is 11.5. The molecular formula is C12H16F2N2O. The number of hydrogen-bond donors (Lipinski definition) is 2. The van der Waals surface area contributed by atoms with Crippen molar-refractivity contribution in [1.29, 1.82) is 0 Å². The predicted octanol–water partition coefficient (Wildman–Crippen LogP) is 2.28. The Balaban J connectivity index is 2.68. The van der Waals surface area contributed by atoms with E-state index in [1.807, 2.05) is 6.92 Å². The summed E-state index contributed by atoms with van der Waals surface area (Å²) in [5.74, 6) is -1.95. The Labute approximate surface area is 99.0 Å². The van der Waals surface area contributed by atoms with Gasteiger partial charge in [0.1, 0.15) is 17.3 Å². The van der Waals surface area contributed by atoms with Crippen LogP contribution < -0.4 is 11.1 Å². The number of benzene rings is 1. The van der Waals surface area contributed by atoms with Gasteiger partial charge in [0.2, 0.25) is 5.91 Å². The summed E-state index contributed by atoms with van der Waals surface area (Å²) >= 11 is 0. The lowest BCUT2D eigenvalue weighted by Crippen LogP contribution is -2.22. The van der Waals surface area contributed by atoms with Gasteiger partial charge in [0, 0.05) is 6.42 Å². The third-order valence-electron chi connectivity index (χ3n) is 2.61. The van der Waals surface area contributed by atoms with E-state index >= 15 is 0 Å². The number of carbonyl (C=O) groups is 1. The number of carbonyl (C=O) groups excluding carboxylic acids is 1. The van der Waals surface area contributed by atoms with Gasteiger partial charge in [-0.05, 0) is 24.6 Å². The molecule has 1 rings (SSSR count). The summed E-state index contributed by atoms with van der Waals surface area (Å²) in [7, 11) is 0. The van der Waals surface area contributed by atoms with Crippen LogP contribution in [0.4, 0.5) is 14.5 Å². The van der Waals surface area contributed by atoms with E-state index in [2.05, 4.69) is 5.32 Å². The Morgan fingerprint density at radius 2 is 2.00 bits per heavy atom. The van der Waals surface area contributed by atoms with Crippen LogP contribution >= 0.6 is 0 Å². The topological polar surface area (TPSA) is 55.1 Å². The minimum absolute atomic E-state index is 0.0323. The van der Waals surface area contributed by atoms with E-state index in [0.29, 0.717) is 6.54 Å². The molecule has 94 valence electrons. The molecule has 17 heavy (non-hydrogen) atoms. The molecule has 1 aromatic rings. The first-order valence-electron chi connectivity index (χ1n) is 5.52. The van der Waals surface area contributed by atoms with Gasteiger partial charge >= 0.3 is 0 Å². The number of anilines is 1. The first-order valence-corrected chi connectivity index (χ1v) is 5.52. The van der Waals surface area contributed by atoms with E-state index in [1.54, 1.807) is 0 Å². The molecule has 1 amide bonds. The largest absolute Gasteiger partial charge is 0.330 e. The fourth-order valence-corrected chi connectivity index (χ4v) is 1.46. The molecular weight excluding hydrogens is 226 g/mol. The molecule has 0 aliphatic heterocycles. The maximum absolute atomic E-state index is 13.2. The molecule has 0 fully saturated rings. The molecule has 0 aliphatic carbocycles. The van der Waals surface area contributed by atoms with Crippen LogP contribution in [0.15, 0.2) is 18.2 Å². The molecule has 3 nitrogen and oxygen atoms in total. The van der Waals surface area contributed by atoms with Gasteiger partial charge in [-0.1, -0.05) is 19.4 Å². The van der Waals surface area contributed by atoms with Crippen molar-refractivity contribution >= 4 is 11.6 Å². The van der Waals surface area contributed by atoms with Crippen molar-refractivity contribution in [1.82, 2.24) is 0 Å². The molecule has 0 radical (unpaired) electrons. The second kappa shape index (κ2) is 6.30. The van der Waals surface area contributed by atoms with Crippen molar-refractivity contribution in [3.05, 3.63) is 29.8 Å². The Kier molecular flexibility index (Phi) is 5.03. The van der Waals surface area contributed by atoms with E-state index in [1.165, 1.54) is 6.07 Å². The lowest BCUT2D eigenvalue weighted by Gasteiger charge is -2.12. The summed E-state index contributed by atoms with van der Waals surface area (Å²) in [6.07, 6.45) is 0.921. The minimum Gasteiger partial charge on any atom is -0.330 e. The maximum atomic E-state index is 13.2. The van der Waals surface area contributed by atoms with Crippen molar-refractivity contribution in [3.63, 3.8) is 0 Å². The van der Waals surface area contributed by atoms with Crippen molar-refractivity contribution in [3.8, 4) is 0 Å². The number of amides is 1. The first-order chi connectivity index (χ1) is 8.08. The van der Waals surface area contributed by atoms with Crippen LogP contribution in [0.25, 0.3) is 0 Å². The van der Waals surface area contributed by atoms with Crippen molar-refractivity contribution in [2.75, 3.05) is 11.9 Å². The molecule has 1 atom stereocenters. The standard InChI is InChI=1S/C12H16F2N2O/c1-2-8(7-15)6-11(17)16-12-9(13)4-3-5-10(12)14/h3-5,8H,2,6-7,15H2,1H3,(H,16,17). The molecule has 5 heteroatoms. The average Bonchev–Trinajstić information content (AvgIpc) is 2.31. The van der Waals surface area contributed by atoms with Gasteiger partial charge in [-0.3, -0.25) is 4.79 Å². The zero-order valence-corrected chi connectivity index (χ0v) is 9.67. The highest BCUT2D eigenvalue weighted by Gasteiger charge is 2.14. The van der Waals surface area contributed by atoms with Gasteiger partial charge in [0.15, 0.2) is 0 Å². The third kappa shape index (κ3) is 3.78. The Morgan fingerprint density at radius 1 is 1.41 bits per heavy atom. The van der Waals surface area contributed by atoms with Crippen molar-refractivity contribution in [2.45, 2.75) is 19.8 Å². The summed E-state index contributed by atoms with van der Waals surface area (Å²) in [6.45, 7) is 2.29. The SMILES string of the molecule is CCC(CN)CC(=O)Nc1c(F)cccc1F. The van der Waals surface area contributed by atoms with Crippen LogP contribution in [0.3, 0.4) is 0 Å². The molecule has 1 unspecified atom stereocenters. The smallest absolute Gasteiger partial charge is 0.224 e. The minimum atomic E-state index is -0.779. The van der Waals surface area contributed by atoms with Gasteiger partial charge in [-0.15, -0.1) is 0 Å². The van der Waals surface area contributed by atoms with Gasteiger partial charge in [0.25, 0.3) is 0 Å². The van der Waals surface area contributed by atoms with Gasteiger partial charge in [-0.25, -0.2) is 8.78 Å². The summed E-state index contributed by atoms with van der Waals surface area (Å²) in [5, 5.41) is 2.23. The molecule has 3 N–H and O–H groups in total. The lowest BCUT2D eigenvalue weighted by molar-refractivity contribution is -0.117. The van der Waals surface area contributed by atoms with E-state index in [0.717, 1.165) is 18.6 Å². The molecule has 0 bridgehead atoms. The summed E-state index contributed by atoms with van der Waals surface area (Å²) < 4.78 is 26.5. The maximum Gasteiger partial charge on any atom is 0.224 e. The molecule has 0 heterocycles. The number of hydrogen-bond acceptors (Lipinski definition) is 2. The summed E-state index contributed by atoms with van der Waals surface area (Å²) in [5.41, 5.74) is 5.06. The van der Waals surface area contributed by atoms with Crippen molar-refractivity contribution in [2.24, 2.45) is 11.7 Å². The van der Waals surface area contributed by atoms with E-state index in [9.17, 15) is 13.6 Å². The van der Waals surface area contributed by atoms with Crippen LogP contribution in [0.1, 0.15) is 19.8 Å². The zero-order valence-electron chi connectivity index (χ0n) is 9.67. The highest BCUT2D eigenvalue weighted by atomic mass is 19.1. The Hall–Kier alpha value is -1.49. The molecule has 0 saturated heterocycles. The van der Waals surface area contributed by atoms with Crippen LogP contribution in [0.5, 0.6) is 0 Å². The number of nitrogens with one attached hydrogen (secondary N) is 1. The fourth-order valence-electron chi connectivity index (χ4n) is 1.46. The van der Waals surface area contributed by atoms with Gasteiger partial charge in [-0.2, -0.15) is 0 Å². The van der Waals surface area contributed by atoms with Crippen LogP contribution in [-0.2, 0) is 4.79 Å². The van der Waals surface area contributed by atoms with Crippen LogP contribution in [-0.4, -0.2) is 12.5 Å². The fraction of sp³-hybridized carbons (Fsp3) is 0.417. The van der Waals surface area contributed by atoms with Crippen molar-refractivity contribution < 1.29 is 13.6 Å². The molecule has 0 aromatic heterocycles. The predicted molar refractivity (Wildman–Crippen MR) is 62.4 cm³/mol. The lowest BCUT2D eigenvalue weighted by atomic mass is 10.0. The average molecular weight is 242 g/mol. The monoisotopic (exact) mass is 242 g/mol. The summed E-state index contributed by atoms with van der Waals surface area (Å²) in [6, 6.07) is 3.44. The van der Waals surface area contributed by atoms with E-state index in [-0.39, 0.29) is 12.3 Å². The third-order valence-corrected chi connectivity index (χ3v) is 2.61. The molecule has 1 aromatic carbocycles. The number of halogens is 2. The number of para-hydroxylation sites is 1. The molecule has 0 saturated carbocycles. The first kappa shape index (κ1) is 13.6. The normalized spacial score (nSPS) is 12.2. The van der Waals surface area contributed by atoms with Crippen LogP contribution in [0.2, 0.25) is 0 Å².